The highest BCUT2D eigenvalue weighted by Gasteiger charge is 2.23. The summed E-state index contributed by atoms with van der Waals surface area (Å²) in [6.45, 7) is 4.36. The van der Waals surface area contributed by atoms with E-state index in [0.717, 1.165) is 27.7 Å². The van der Waals surface area contributed by atoms with E-state index in [-0.39, 0.29) is 19.1 Å². The monoisotopic (exact) mass is 324 g/mol. The number of fused-ring (bicyclic) bond motifs is 1. The van der Waals surface area contributed by atoms with Crippen LogP contribution in [0.5, 0.6) is 0 Å². The summed E-state index contributed by atoms with van der Waals surface area (Å²) >= 11 is 0. The van der Waals surface area contributed by atoms with Crippen LogP contribution in [0.1, 0.15) is 27.2 Å². The Hall–Kier alpha value is -2.66. The van der Waals surface area contributed by atoms with Crippen LogP contribution in [0.3, 0.4) is 0 Å². The first-order valence-electron chi connectivity index (χ1n) is 7.89. The van der Waals surface area contributed by atoms with Crippen LogP contribution in [0.4, 0.5) is 0 Å². The van der Waals surface area contributed by atoms with Gasteiger partial charge in [0.25, 0.3) is 5.91 Å². The first kappa shape index (κ1) is 16.2. The molecule has 2 aromatic heterocycles. The number of carbonyl (C=O) groups excluding carboxylic acids is 1. The lowest BCUT2D eigenvalue weighted by molar-refractivity contribution is 0.0677. The zero-order valence-electron chi connectivity index (χ0n) is 13.8. The SMILES string of the molecule is Cc1c(C(=O)N(CCO)Cc2cccnc2)oc2c(C)cccc12. The molecule has 3 aromatic rings. The number of rotatable bonds is 5. The lowest BCUT2D eigenvalue weighted by Crippen LogP contribution is -2.33. The van der Waals surface area contributed by atoms with Gasteiger partial charge in [0.05, 0.1) is 6.61 Å². The Morgan fingerprint density at radius 3 is 2.75 bits per heavy atom. The van der Waals surface area contributed by atoms with E-state index in [4.69, 9.17) is 4.42 Å². The topological polar surface area (TPSA) is 66.6 Å². The zero-order valence-corrected chi connectivity index (χ0v) is 13.8. The molecule has 0 spiro atoms. The number of hydrogen-bond acceptors (Lipinski definition) is 4. The van der Waals surface area contributed by atoms with Crippen molar-refractivity contribution in [2.75, 3.05) is 13.2 Å². The molecule has 0 saturated heterocycles. The van der Waals surface area contributed by atoms with Gasteiger partial charge in [-0.25, -0.2) is 0 Å². The molecule has 3 rings (SSSR count). The van der Waals surface area contributed by atoms with Gasteiger partial charge in [0.1, 0.15) is 5.58 Å². The molecular weight excluding hydrogens is 304 g/mol. The number of furan rings is 1. The summed E-state index contributed by atoms with van der Waals surface area (Å²) in [6.07, 6.45) is 3.40. The molecule has 0 atom stereocenters. The number of para-hydroxylation sites is 1. The first-order chi connectivity index (χ1) is 11.6. The summed E-state index contributed by atoms with van der Waals surface area (Å²) in [7, 11) is 0. The largest absolute Gasteiger partial charge is 0.450 e. The van der Waals surface area contributed by atoms with Gasteiger partial charge in [-0.3, -0.25) is 9.78 Å². The smallest absolute Gasteiger partial charge is 0.290 e. The fraction of sp³-hybridized carbons (Fsp3) is 0.263. The van der Waals surface area contributed by atoms with Gasteiger partial charge < -0.3 is 14.4 Å². The average Bonchev–Trinajstić information content (AvgIpc) is 2.93. The van der Waals surface area contributed by atoms with Gasteiger partial charge in [0.2, 0.25) is 0 Å². The van der Waals surface area contributed by atoms with Crippen molar-refractivity contribution < 1.29 is 14.3 Å². The van der Waals surface area contributed by atoms with Crippen LogP contribution in [0.15, 0.2) is 47.1 Å². The lowest BCUT2D eigenvalue weighted by Gasteiger charge is -2.20. The predicted octanol–water partition coefficient (Wildman–Crippen LogP) is 3.08. The Bertz CT molecular complexity index is 856. The van der Waals surface area contributed by atoms with Crippen molar-refractivity contribution >= 4 is 16.9 Å². The van der Waals surface area contributed by atoms with Crippen LogP contribution in [0.2, 0.25) is 0 Å². The van der Waals surface area contributed by atoms with Crippen LogP contribution in [-0.2, 0) is 6.54 Å². The number of nitrogens with zero attached hydrogens (tertiary/aromatic N) is 2. The summed E-state index contributed by atoms with van der Waals surface area (Å²) in [5.41, 5.74) is 3.47. The third-order valence-electron chi connectivity index (χ3n) is 4.11. The highest BCUT2D eigenvalue weighted by Crippen LogP contribution is 2.28. The van der Waals surface area contributed by atoms with E-state index in [1.807, 2.05) is 44.2 Å². The number of aryl methyl sites for hydroxylation is 2. The summed E-state index contributed by atoms with van der Waals surface area (Å²) in [6, 6.07) is 9.60. The molecular formula is C19H20N2O3. The maximum absolute atomic E-state index is 12.9. The minimum absolute atomic E-state index is 0.107. The van der Waals surface area contributed by atoms with Crippen LogP contribution < -0.4 is 0 Å². The second-order valence-corrected chi connectivity index (χ2v) is 5.82. The van der Waals surface area contributed by atoms with Crippen molar-refractivity contribution in [1.29, 1.82) is 0 Å². The Morgan fingerprint density at radius 1 is 1.25 bits per heavy atom. The Morgan fingerprint density at radius 2 is 2.08 bits per heavy atom. The van der Waals surface area contributed by atoms with E-state index < -0.39 is 0 Å². The molecule has 1 N–H and O–H groups in total. The maximum atomic E-state index is 12.9. The number of hydrogen-bond donors (Lipinski definition) is 1. The van der Waals surface area contributed by atoms with Gasteiger partial charge in [-0.1, -0.05) is 24.3 Å². The van der Waals surface area contributed by atoms with E-state index in [1.165, 1.54) is 0 Å². The van der Waals surface area contributed by atoms with E-state index in [0.29, 0.717) is 12.3 Å². The highest BCUT2D eigenvalue weighted by molar-refractivity contribution is 5.99. The summed E-state index contributed by atoms with van der Waals surface area (Å²) in [4.78, 5) is 18.6. The van der Waals surface area contributed by atoms with Crippen LogP contribution in [0.25, 0.3) is 11.0 Å². The second kappa shape index (κ2) is 6.84. The molecule has 0 fully saturated rings. The van der Waals surface area contributed by atoms with Crippen molar-refractivity contribution in [2.24, 2.45) is 0 Å². The molecule has 5 heteroatoms. The number of carbonyl (C=O) groups is 1. The standard InChI is InChI=1S/C19H20N2O3/c1-13-5-3-7-16-14(2)18(24-17(13)16)19(23)21(9-10-22)12-15-6-4-8-20-11-15/h3-8,11,22H,9-10,12H2,1-2H3. The molecule has 24 heavy (non-hydrogen) atoms. The molecule has 0 aliphatic rings. The van der Waals surface area contributed by atoms with E-state index in [9.17, 15) is 9.90 Å². The van der Waals surface area contributed by atoms with Gasteiger partial charge in [0, 0.05) is 36.4 Å². The Kier molecular flexibility index (Phi) is 4.62. The number of aliphatic hydroxyl groups excluding tert-OH is 1. The van der Waals surface area contributed by atoms with Crippen molar-refractivity contribution in [3.63, 3.8) is 0 Å². The fourth-order valence-electron chi connectivity index (χ4n) is 2.82. The highest BCUT2D eigenvalue weighted by atomic mass is 16.3. The molecule has 124 valence electrons. The molecule has 5 nitrogen and oxygen atoms in total. The molecule has 0 unspecified atom stereocenters. The molecule has 1 amide bonds. The number of benzene rings is 1. The minimum Gasteiger partial charge on any atom is -0.450 e. The molecule has 0 bridgehead atoms. The van der Waals surface area contributed by atoms with Gasteiger partial charge in [-0.05, 0) is 31.0 Å². The Balaban J connectivity index is 1.95. The molecule has 0 aliphatic carbocycles. The third kappa shape index (κ3) is 3.03. The Labute approximate surface area is 140 Å². The fourth-order valence-corrected chi connectivity index (χ4v) is 2.82. The molecule has 2 heterocycles. The van der Waals surface area contributed by atoms with E-state index in [1.54, 1.807) is 17.3 Å². The van der Waals surface area contributed by atoms with Crippen molar-refractivity contribution in [2.45, 2.75) is 20.4 Å². The molecule has 0 saturated carbocycles. The number of aromatic nitrogens is 1. The quantitative estimate of drug-likeness (QED) is 0.783. The summed E-state index contributed by atoms with van der Waals surface area (Å²) < 4.78 is 5.87. The van der Waals surface area contributed by atoms with Crippen molar-refractivity contribution in [3.8, 4) is 0 Å². The minimum atomic E-state index is -0.221. The third-order valence-corrected chi connectivity index (χ3v) is 4.11. The zero-order chi connectivity index (χ0) is 17.1. The van der Waals surface area contributed by atoms with E-state index in [2.05, 4.69) is 4.98 Å². The van der Waals surface area contributed by atoms with Gasteiger partial charge >= 0.3 is 0 Å². The number of pyridine rings is 1. The molecule has 0 radical (unpaired) electrons. The summed E-state index contributed by atoms with van der Waals surface area (Å²) in [5, 5.41) is 10.3. The maximum Gasteiger partial charge on any atom is 0.290 e. The first-order valence-corrected chi connectivity index (χ1v) is 7.89. The normalized spacial score (nSPS) is 11.0. The number of amides is 1. The molecule has 0 aliphatic heterocycles. The molecule has 1 aromatic carbocycles. The van der Waals surface area contributed by atoms with Crippen LogP contribution in [-0.4, -0.2) is 34.0 Å². The average molecular weight is 324 g/mol. The summed E-state index contributed by atoms with van der Waals surface area (Å²) in [5.74, 6) is 0.109. The van der Waals surface area contributed by atoms with Gasteiger partial charge in [-0.15, -0.1) is 0 Å². The van der Waals surface area contributed by atoms with Crippen molar-refractivity contribution in [3.05, 3.63) is 65.2 Å². The second-order valence-electron chi connectivity index (χ2n) is 5.82. The van der Waals surface area contributed by atoms with Gasteiger partial charge in [0.15, 0.2) is 5.76 Å². The predicted molar refractivity (Wildman–Crippen MR) is 91.8 cm³/mol. The van der Waals surface area contributed by atoms with Crippen LogP contribution in [0, 0.1) is 13.8 Å². The van der Waals surface area contributed by atoms with Crippen molar-refractivity contribution in [1.82, 2.24) is 9.88 Å². The van der Waals surface area contributed by atoms with Gasteiger partial charge in [-0.2, -0.15) is 0 Å². The van der Waals surface area contributed by atoms with E-state index >= 15 is 0 Å². The number of aliphatic hydroxyl groups is 1. The lowest BCUT2D eigenvalue weighted by atomic mass is 10.1. The van der Waals surface area contributed by atoms with Crippen LogP contribution >= 0.6 is 0 Å².